The van der Waals surface area contributed by atoms with Crippen LogP contribution in [-0.2, 0) is 0 Å². The van der Waals surface area contributed by atoms with Crippen LogP contribution in [0.2, 0.25) is 5.02 Å². The monoisotopic (exact) mass is 224 g/mol. The molecule has 5 heteroatoms. The molecule has 0 aliphatic carbocycles. The summed E-state index contributed by atoms with van der Waals surface area (Å²) in [5.41, 5.74) is 0.0230. The normalized spacial score (nSPS) is 9.33. The van der Waals surface area contributed by atoms with E-state index in [0.29, 0.717) is 18.8 Å². The lowest BCUT2D eigenvalue weighted by Gasteiger charge is -2.04. The third kappa shape index (κ3) is 3.15. The highest BCUT2D eigenvalue weighted by molar-refractivity contribution is 6.33. The van der Waals surface area contributed by atoms with E-state index >= 15 is 0 Å². The van der Waals surface area contributed by atoms with Crippen molar-refractivity contribution in [3.05, 3.63) is 22.8 Å². The van der Waals surface area contributed by atoms with Crippen molar-refractivity contribution in [2.75, 3.05) is 11.9 Å². The Bertz CT molecular complexity index is 412. The number of carbonyl (C=O) groups is 1. The maximum absolute atomic E-state index is 10.7. The van der Waals surface area contributed by atoms with E-state index in [1.165, 1.54) is 12.3 Å². The zero-order valence-electron chi connectivity index (χ0n) is 7.83. The van der Waals surface area contributed by atoms with Crippen molar-refractivity contribution in [3.8, 4) is 12.3 Å². The van der Waals surface area contributed by atoms with E-state index in [-0.39, 0.29) is 10.6 Å². The maximum Gasteiger partial charge on any atom is 0.337 e. The van der Waals surface area contributed by atoms with Gasteiger partial charge >= 0.3 is 5.97 Å². The summed E-state index contributed by atoms with van der Waals surface area (Å²) in [6.45, 7) is 0.546. The first-order valence-electron chi connectivity index (χ1n) is 4.21. The van der Waals surface area contributed by atoms with Gasteiger partial charge in [-0.05, 0) is 6.07 Å². The Balaban J connectivity index is 2.79. The maximum atomic E-state index is 10.7. The lowest BCUT2D eigenvalue weighted by Crippen LogP contribution is -2.05. The second-order valence-corrected chi connectivity index (χ2v) is 3.14. The molecule has 2 N–H and O–H groups in total. The second kappa shape index (κ2) is 5.23. The van der Waals surface area contributed by atoms with Crippen LogP contribution in [0.4, 0.5) is 5.82 Å². The van der Waals surface area contributed by atoms with E-state index in [1.807, 2.05) is 0 Å². The number of nitrogens with one attached hydrogen (secondary N) is 1. The third-order valence-electron chi connectivity index (χ3n) is 1.66. The van der Waals surface area contributed by atoms with Crippen LogP contribution in [0.15, 0.2) is 12.3 Å². The van der Waals surface area contributed by atoms with Crippen LogP contribution >= 0.6 is 11.6 Å². The molecule has 0 fully saturated rings. The van der Waals surface area contributed by atoms with Gasteiger partial charge in [-0.25, -0.2) is 9.78 Å². The number of rotatable bonds is 4. The molecule has 0 radical (unpaired) electrons. The molecule has 0 unspecified atom stereocenters. The predicted molar refractivity (Wildman–Crippen MR) is 58.1 cm³/mol. The zero-order valence-corrected chi connectivity index (χ0v) is 8.58. The lowest BCUT2D eigenvalue weighted by atomic mass is 10.2. The first-order valence-corrected chi connectivity index (χ1v) is 4.59. The molecule has 0 saturated carbocycles. The molecule has 4 nitrogen and oxygen atoms in total. The van der Waals surface area contributed by atoms with Crippen molar-refractivity contribution in [2.24, 2.45) is 0 Å². The fraction of sp³-hybridized carbons (Fsp3) is 0.200. The number of hydrogen-bond acceptors (Lipinski definition) is 3. The number of anilines is 1. The molecular weight excluding hydrogens is 216 g/mol. The summed E-state index contributed by atoms with van der Waals surface area (Å²) < 4.78 is 0. The number of terminal acetylenes is 1. The molecule has 0 amide bonds. The zero-order chi connectivity index (χ0) is 11.3. The Morgan fingerprint density at radius 2 is 2.47 bits per heavy atom. The van der Waals surface area contributed by atoms with E-state index < -0.39 is 5.97 Å². The molecule has 0 aliphatic heterocycles. The molecule has 0 aliphatic rings. The fourth-order valence-corrected chi connectivity index (χ4v) is 1.15. The van der Waals surface area contributed by atoms with Crippen molar-refractivity contribution < 1.29 is 9.90 Å². The van der Waals surface area contributed by atoms with Gasteiger partial charge in [0.05, 0.1) is 10.6 Å². The first-order chi connectivity index (χ1) is 7.15. The number of carboxylic acid groups (broad SMARTS) is 1. The van der Waals surface area contributed by atoms with Crippen molar-refractivity contribution in [3.63, 3.8) is 0 Å². The molecule has 0 aromatic carbocycles. The van der Waals surface area contributed by atoms with Gasteiger partial charge in [-0.2, -0.15) is 0 Å². The number of halogens is 1. The van der Waals surface area contributed by atoms with Gasteiger partial charge in [-0.15, -0.1) is 12.3 Å². The summed E-state index contributed by atoms with van der Waals surface area (Å²) >= 11 is 5.65. The highest BCUT2D eigenvalue weighted by atomic mass is 35.5. The summed E-state index contributed by atoms with van der Waals surface area (Å²) in [5, 5.41) is 11.8. The van der Waals surface area contributed by atoms with Crippen molar-refractivity contribution >= 4 is 23.4 Å². The Hall–Kier alpha value is -1.73. The van der Waals surface area contributed by atoms with E-state index in [9.17, 15) is 4.79 Å². The molecule has 0 bridgehead atoms. The molecule has 1 heterocycles. The van der Waals surface area contributed by atoms with Gasteiger partial charge in [-0.1, -0.05) is 11.6 Å². The number of carboxylic acids is 1. The molecule has 1 aromatic rings. The van der Waals surface area contributed by atoms with Crippen LogP contribution in [0.3, 0.4) is 0 Å². The first kappa shape index (κ1) is 11.3. The predicted octanol–water partition coefficient (Wildman–Crippen LogP) is 1.87. The van der Waals surface area contributed by atoms with Crippen LogP contribution < -0.4 is 5.32 Å². The van der Waals surface area contributed by atoms with Gasteiger partial charge in [0.25, 0.3) is 0 Å². The SMILES string of the molecule is C#CCCNc1cc(C(=O)O)c(Cl)cn1. The summed E-state index contributed by atoms with van der Waals surface area (Å²) in [5.74, 6) is 1.82. The van der Waals surface area contributed by atoms with Gasteiger partial charge in [-0.3, -0.25) is 0 Å². The second-order valence-electron chi connectivity index (χ2n) is 2.74. The van der Waals surface area contributed by atoms with Gasteiger partial charge in [0.2, 0.25) is 0 Å². The largest absolute Gasteiger partial charge is 0.478 e. The van der Waals surface area contributed by atoms with Crippen LogP contribution in [0.5, 0.6) is 0 Å². The van der Waals surface area contributed by atoms with Crippen LogP contribution in [0.1, 0.15) is 16.8 Å². The Labute approximate surface area is 92.3 Å². The quantitative estimate of drug-likeness (QED) is 0.606. The minimum absolute atomic E-state index is 0.0230. The van der Waals surface area contributed by atoms with Crippen molar-refractivity contribution in [2.45, 2.75) is 6.42 Å². The fourth-order valence-electron chi connectivity index (χ4n) is 0.962. The summed E-state index contributed by atoms with van der Waals surface area (Å²) in [6.07, 6.45) is 6.91. The number of nitrogens with zero attached hydrogens (tertiary/aromatic N) is 1. The molecule has 78 valence electrons. The minimum atomic E-state index is -1.08. The Kier molecular flexibility index (Phi) is 3.95. The highest BCUT2D eigenvalue weighted by Crippen LogP contribution is 2.17. The number of aromatic nitrogens is 1. The average molecular weight is 225 g/mol. The lowest BCUT2D eigenvalue weighted by molar-refractivity contribution is 0.0697. The van der Waals surface area contributed by atoms with Gasteiger partial charge in [0, 0.05) is 19.2 Å². The third-order valence-corrected chi connectivity index (χ3v) is 1.96. The van der Waals surface area contributed by atoms with Gasteiger partial charge in [0.1, 0.15) is 5.82 Å². The summed E-state index contributed by atoms with van der Waals surface area (Å²) in [4.78, 5) is 14.6. The van der Waals surface area contributed by atoms with E-state index in [1.54, 1.807) is 0 Å². The molecular formula is C10H9ClN2O2. The molecule has 0 spiro atoms. The van der Waals surface area contributed by atoms with Crippen LogP contribution in [-0.4, -0.2) is 22.6 Å². The standard InChI is InChI=1S/C10H9ClN2O2/c1-2-3-4-12-9-5-7(10(14)15)8(11)6-13-9/h1,5-6H,3-4H2,(H,12,13)(H,14,15). The summed E-state index contributed by atoms with van der Waals surface area (Å²) in [7, 11) is 0. The Morgan fingerprint density at radius 3 is 3.07 bits per heavy atom. The highest BCUT2D eigenvalue weighted by Gasteiger charge is 2.09. The molecule has 1 rings (SSSR count). The number of pyridine rings is 1. The Morgan fingerprint density at radius 1 is 1.73 bits per heavy atom. The number of aromatic carboxylic acids is 1. The molecule has 0 atom stereocenters. The van der Waals surface area contributed by atoms with Gasteiger partial charge < -0.3 is 10.4 Å². The van der Waals surface area contributed by atoms with E-state index in [2.05, 4.69) is 16.2 Å². The van der Waals surface area contributed by atoms with Crippen LogP contribution in [0, 0.1) is 12.3 Å². The van der Waals surface area contributed by atoms with Gasteiger partial charge in [0.15, 0.2) is 0 Å². The topological polar surface area (TPSA) is 62.2 Å². The molecule has 0 saturated heterocycles. The average Bonchev–Trinajstić information content (AvgIpc) is 2.20. The molecule has 1 aromatic heterocycles. The summed E-state index contributed by atoms with van der Waals surface area (Å²) in [6, 6.07) is 1.38. The molecule has 15 heavy (non-hydrogen) atoms. The number of hydrogen-bond donors (Lipinski definition) is 2. The van der Waals surface area contributed by atoms with Crippen molar-refractivity contribution in [1.29, 1.82) is 0 Å². The van der Waals surface area contributed by atoms with Crippen LogP contribution in [0.25, 0.3) is 0 Å². The van der Waals surface area contributed by atoms with E-state index in [0.717, 1.165) is 0 Å². The van der Waals surface area contributed by atoms with E-state index in [4.69, 9.17) is 23.1 Å². The minimum Gasteiger partial charge on any atom is -0.478 e. The smallest absolute Gasteiger partial charge is 0.337 e. The van der Waals surface area contributed by atoms with Crippen molar-refractivity contribution in [1.82, 2.24) is 4.98 Å².